The monoisotopic (exact) mass is 382 g/mol. The van der Waals surface area contributed by atoms with Gasteiger partial charge in [0.05, 0.1) is 24.7 Å². The maximum atomic E-state index is 12.2. The number of nitrogens with one attached hydrogen (secondary N) is 1. The fourth-order valence-corrected chi connectivity index (χ4v) is 2.80. The van der Waals surface area contributed by atoms with E-state index < -0.39 is 0 Å². The number of hydrogen-bond donors (Lipinski definition) is 1. The van der Waals surface area contributed by atoms with Crippen LogP contribution in [0, 0.1) is 0 Å². The van der Waals surface area contributed by atoms with Crippen LogP contribution in [0.25, 0.3) is 11.3 Å². The Morgan fingerprint density at radius 3 is 2.56 bits per heavy atom. The van der Waals surface area contributed by atoms with Crippen LogP contribution >= 0.6 is 11.8 Å². The Morgan fingerprint density at radius 2 is 1.93 bits per heavy atom. The van der Waals surface area contributed by atoms with E-state index in [2.05, 4.69) is 15.4 Å². The average Bonchev–Trinajstić information content (AvgIpc) is 2.70. The molecule has 3 aromatic rings. The first-order valence-electron chi connectivity index (χ1n) is 8.11. The number of carbonyl (C=O) groups excluding carboxylic acids is 1. The van der Waals surface area contributed by atoms with Gasteiger partial charge in [0.15, 0.2) is 0 Å². The largest absolute Gasteiger partial charge is 0.481 e. The molecule has 0 fully saturated rings. The molecule has 0 bridgehead atoms. The van der Waals surface area contributed by atoms with Crippen LogP contribution in [0.1, 0.15) is 0 Å². The molecule has 7 nitrogen and oxygen atoms in total. The number of benzene rings is 1. The number of amides is 1. The molecule has 0 saturated heterocycles. The van der Waals surface area contributed by atoms with E-state index in [1.54, 1.807) is 30.0 Å². The Bertz CT molecular complexity index is 985. The van der Waals surface area contributed by atoms with Crippen LogP contribution in [0.5, 0.6) is 5.88 Å². The summed E-state index contributed by atoms with van der Waals surface area (Å²) in [6.45, 7) is -0.193. The second-order valence-electron chi connectivity index (χ2n) is 5.58. The minimum Gasteiger partial charge on any atom is -0.481 e. The topological polar surface area (TPSA) is 86.1 Å². The highest BCUT2D eigenvalue weighted by atomic mass is 32.2. The lowest BCUT2D eigenvalue weighted by atomic mass is 10.1. The van der Waals surface area contributed by atoms with Crippen molar-refractivity contribution in [2.24, 2.45) is 0 Å². The first-order valence-corrected chi connectivity index (χ1v) is 9.34. The van der Waals surface area contributed by atoms with Gasteiger partial charge < -0.3 is 10.1 Å². The van der Waals surface area contributed by atoms with Crippen molar-refractivity contribution < 1.29 is 9.53 Å². The molecule has 0 aliphatic heterocycles. The summed E-state index contributed by atoms with van der Waals surface area (Å²) in [5, 5.41) is 6.99. The summed E-state index contributed by atoms with van der Waals surface area (Å²) in [4.78, 5) is 29.5. The van der Waals surface area contributed by atoms with Gasteiger partial charge in [-0.25, -0.2) is 9.67 Å². The van der Waals surface area contributed by atoms with Crippen molar-refractivity contribution in [2.45, 2.75) is 11.4 Å². The molecule has 1 amide bonds. The van der Waals surface area contributed by atoms with Crippen molar-refractivity contribution in [3.05, 3.63) is 65.1 Å². The Hall–Kier alpha value is -3.13. The van der Waals surface area contributed by atoms with Crippen LogP contribution in [0.2, 0.25) is 0 Å². The molecule has 0 aliphatic carbocycles. The molecule has 27 heavy (non-hydrogen) atoms. The molecular formula is C19H18N4O3S. The number of carbonyl (C=O) groups is 1. The average molecular weight is 382 g/mol. The number of hydrogen-bond acceptors (Lipinski definition) is 6. The fourth-order valence-electron chi connectivity index (χ4n) is 2.39. The lowest BCUT2D eigenvalue weighted by Crippen LogP contribution is -2.29. The van der Waals surface area contributed by atoms with Crippen molar-refractivity contribution in [3.8, 4) is 17.1 Å². The van der Waals surface area contributed by atoms with Gasteiger partial charge in [-0.05, 0) is 30.5 Å². The van der Waals surface area contributed by atoms with Gasteiger partial charge in [0.25, 0.3) is 5.56 Å². The Balaban J connectivity index is 1.75. The van der Waals surface area contributed by atoms with Crippen LogP contribution in [0.4, 0.5) is 5.69 Å². The van der Waals surface area contributed by atoms with Crippen LogP contribution in [0.15, 0.2) is 64.4 Å². The first kappa shape index (κ1) is 18.7. The molecule has 138 valence electrons. The molecule has 1 N–H and O–H groups in total. The van der Waals surface area contributed by atoms with E-state index in [4.69, 9.17) is 4.74 Å². The summed E-state index contributed by atoms with van der Waals surface area (Å²) in [6, 6.07) is 14.2. The van der Waals surface area contributed by atoms with Crippen LogP contribution < -0.4 is 15.6 Å². The predicted molar refractivity (Wildman–Crippen MR) is 105 cm³/mol. The first-order chi connectivity index (χ1) is 13.1. The summed E-state index contributed by atoms with van der Waals surface area (Å²) in [7, 11) is 1.51. The summed E-state index contributed by atoms with van der Waals surface area (Å²) in [6.07, 6.45) is 3.49. The van der Waals surface area contributed by atoms with E-state index in [0.29, 0.717) is 17.3 Å². The highest BCUT2D eigenvalue weighted by Gasteiger charge is 2.09. The SMILES string of the molecule is COc1ccc(NC(=O)Cn2nc(-c3ccc(SC)cc3)ccc2=O)cn1. The second-order valence-corrected chi connectivity index (χ2v) is 6.46. The van der Waals surface area contributed by atoms with Crippen molar-refractivity contribution in [2.75, 3.05) is 18.7 Å². The van der Waals surface area contributed by atoms with Gasteiger partial charge in [0, 0.05) is 22.6 Å². The van der Waals surface area contributed by atoms with E-state index in [9.17, 15) is 9.59 Å². The zero-order valence-corrected chi connectivity index (χ0v) is 15.7. The van der Waals surface area contributed by atoms with Crippen LogP contribution in [0.3, 0.4) is 0 Å². The van der Waals surface area contributed by atoms with Crippen LogP contribution in [-0.4, -0.2) is 34.0 Å². The van der Waals surface area contributed by atoms with E-state index in [-0.39, 0.29) is 18.0 Å². The fraction of sp³-hybridized carbons (Fsp3) is 0.158. The zero-order chi connectivity index (χ0) is 19.2. The Labute approximate surface area is 160 Å². The number of pyridine rings is 1. The summed E-state index contributed by atoms with van der Waals surface area (Å²) < 4.78 is 6.12. The molecule has 8 heteroatoms. The van der Waals surface area contributed by atoms with E-state index in [1.807, 2.05) is 30.5 Å². The molecule has 2 aromatic heterocycles. The van der Waals surface area contributed by atoms with Crippen molar-refractivity contribution in [3.63, 3.8) is 0 Å². The second kappa shape index (κ2) is 8.50. The van der Waals surface area contributed by atoms with Gasteiger partial charge in [-0.3, -0.25) is 9.59 Å². The minimum absolute atomic E-state index is 0.193. The third kappa shape index (κ3) is 4.73. The molecule has 2 heterocycles. The number of methoxy groups -OCH3 is 1. The number of rotatable bonds is 6. The summed E-state index contributed by atoms with van der Waals surface area (Å²) in [5.74, 6) is 0.0810. The lowest BCUT2D eigenvalue weighted by molar-refractivity contribution is -0.117. The number of nitrogens with zero attached hydrogens (tertiary/aromatic N) is 3. The van der Waals surface area contributed by atoms with E-state index in [1.165, 1.54) is 19.4 Å². The maximum Gasteiger partial charge on any atom is 0.267 e. The van der Waals surface area contributed by atoms with Crippen molar-refractivity contribution >= 4 is 23.4 Å². The van der Waals surface area contributed by atoms with E-state index >= 15 is 0 Å². The van der Waals surface area contributed by atoms with Crippen molar-refractivity contribution in [1.82, 2.24) is 14.8 Å². The lowest BCUT2D eigenvalue weighted by Gasteiger charge is -2.09. The Morgan fingerprint density at radius 1 is 1.15 bits per heavy atom. The molecule has 0 saturated carbocycles. The number of aromatic nitrogens is 3. The normalized spacial score (nSPS) is 10.4. The maximum absolute atomic E-state index is 12.2. The highest BCUT2D eigenvalue weighted by molar-refractivity contribution is 7.98. The summed E-state index contributed by atoms with van der Waals surface area (Å²) in [5.41, 5.74) is 1.67. The predicted octanol–water partition coefficient (Wildman–Crippen LogP) is 2.67. The molecule has 0 aliphatic rings. The van der Waals surface area contributed by atoms with Crippen LogP contribution in [-0.2, 0) is 11.3 Å². The number of ether oxygens (including phenoxy) is 1. The molecule has 0 spiro atoms. The van der Waals surface area contributed by atoms with Gasteiger partial charge in [-0.15, -0.1) is 11.8 Å². The Kier molecular flexibility index (Phi) is 5.87. The van der Waals surface area contributed by atoms with Gasteiger partial charge in [-0.2, -0.15) is 5.10 Å². The number of thioether (sulfide) groups is 1. The zero-order valence-electron chi connectivity index (χ0n) is 14.9. The molecule has 3 rings (SSSR count). The quantitative estimate of drug-likeness (QED) is 0.660. The molecule has 0 radical (unpaired) electrons. The number of anilines is 1. The van der Waals surface area contributed by atoms with Gasteiger partial charge in [0.2, 0.25) is 11.8 Å². The van der Waals surface area contributed by atoms with E-state index in [0.717, 1.165) is 15.1 Å². The molecule has 1 aromatic carbocycles. The standard InChI is InChI=1S/C19H18N4O3S/c1-26-18-9-5-14(11-20-18)21-17(24)12-23-19(25)10-8-16(22-23)13-3-6-15(27-2)7-4-13/h3-11H,12H2,1-2H3,(H,21,24). The van der Waals surface area contributed by atoms with Gasteiger partial charge >= 0.3 is 0 Å². The third-order valence-electron chi connectivity index (χ3n) is 3.78. The van der Waals surface area contributed by atoms with Crippen molar-refractivity contribution in [1.29, 1.82) is 0 Å². The minimum atomic E-state index is -0.369. The smallest absolute Gasteiger partial charge is 0.267 e. The summed E-state index contributed by atoms with van der Waals surface area (Å²) >= 11 is 1.65. The third-order valence-corrected chi connectivity index (χ3v) is 4.52. The molecule has 0 unspecified atom stereocenters. The van der Waals surface area contributed by atoms with Gasteiger partial charge in [0.1, 0.15) is 6.54 Å². The molecular weight excluding hydrogens is 364 g/mol. The van der Waals surface area contributed by atoms with Gasteiger partial charge in [-0.1, -0.05) is 12.1 Å². The highest BCUT2D eigenvalue weighted by Crippen LogP contribution is 2.20. The molecule has 0 atom stereocenters.